The summed E-state index contributed by atoms with van der Waals surface area (Å²) in [7, 11) is 0. The number of hydrogen-bond acceptors (Lipinski definition) is 5. The summed E-state index contributed by atoms with van der Waals surface area (Å²) in [6.07, 6.45) is 0.880. The monoisotopic (exact) mass is 268 g/mol. The standard InChI is InChI=1S/C11H13ClN4S/c1-7-14-10(12)5-11(15-7)13-4-3-9-6-17-8(2)16-9/h5-6H,3-4H2,1-2H3,(H,13,14,15). The van der Waals surface area contributed by atoms with Gasteiger partial charge in [0.15, 0.2) is 0 Å². The highest BCUT2D eigenvalue weighted by Gasteiger charge is 2.01. The smallest absolute Gasteiger partial charge is 0.134 e. The Morgan fingerprint density at radius 2 is 2.12 bits per heavy atom. The van der Waals surface area contributed by atoms with Crippen LogP contribution in [0.2, 0.25) is 5.15 Å². The Hall–Kier alpha value is -1.20. The minimum Gasteiger partial charge on any atom is -0.370 e. The Balaban J connectivity index is 1.89. The molecule has 17 heavy (non-hydrogen) atoms. The zero-order valence-electron chi connectivity index (χ0n) is 9.70. The van der Waals surface area contributed by atoms with Crippen molar-refractivity contribution in [2.75, 3.05) is 11.9 Å². The number of aryl methyl sites for hydroxylation is 2. The van der Waals surface area contributed by atoms with Gasteiger partial charge in [0, 0.05) is 24.4 Å². The molecule has 0 amide bonds. The first-order valence-electron chi connectivity index (χ1n) is 5.29. The summed E-state index contributed by atoms with van der Waals surface area (Å²) in [6, 6.07) is 1.72. The van der Waals surface area contributed by atoms with Gasteiger partial charge in [-0.1, -0.05) is 11.6 Å². The third kappa shape index (κ3) is 3.64. The minimum atomic E-state index is 0.463. The molecule has 2 heterocycles. The van der Waals surface area contributed by atoms with Crippen LogP contribution in [0.3, 0.4) is 0 Å². The van der Waals surface area contributed by atoms with Crippen LogP contribution in [0.25, 0.3) is 0 Å². The van der Waals surface area contributed by atoms with Crippen LogP contribution in [0.5, 0.6) is 0 Å². The van der Waals surface area contributed by atoms with E-state index in [-0.39, 0.29) is 0 Å². The van der Waals surface area contributed by atoms with E-state index in [0.717, 1.165) is 29.5 Å². The first-order valence-corrected chi connectivity index (χ1v) is 6.55. The van der Waals surface area contributed by atoms with Crippen LogP contribution in [-0.4, -0.2) is 21.5 Å². The van der Waals surface area contributed by atoms with Crippen LogP contribution in [-0.2, 0) is 6.42 Å². The van der Waals surface area contributed by atoms with Crippen molar-refractivity contribution in [3.63, 3.8) is 0 Å². The van der Waals surface area contributed by atoms with Gasteiger partial charge in [-0.3, -0.25) is 0 Å². The number of nitrogens with zero attached hydrogens (tertiary/aromatic N) is 3. The van der Waals surface area contributed by atoms with E-state index >= 15 is 0 Å². The van der Waals surface area contributed by atoms with Gasteiger partial charge in [0.1, 0.15) is 16.8 Å². The van der Waals surface area contributed by atoms with Crippen molar-refractivity contribution >= 4 is 28.8 Å². The molecule has 0 aromatic carbocycles. The van der Waals surface area contributed by atoms with Crippen LogP contribution >= 0.6 is 22.9 Å². The number of halogens is 1. The number of anilines is 1. The van der Waals surface area contributed by atoms with Crippen LogP contribution < -0.4 is 5.32 Å². The second kappa shape index (κ2) is 5.42. The van der Waals surface area contributed by atoms with E-state index in [9.17, 15) is 0 Å². The molecule has 2 rings (SSSR count). The number of thiazole rings is 1. The Bertz CT molecular complexity index is 492. The van der Waals surface area contributed by atoms with E-state index in [1.54, 1.807) is 17.4 Å². The maximum absolute atomic E-state index is 5.85. The molecule has 0 fully saturated rings. The normalized spacial score (nSPS) is 10.5. The topological polar surface area (TPSA) is 50.7 Å². The molecule has 0 aliphatic heterocycles. The highest BCUT2D eigenvalue weighted by atomic mass is 35.5. The van der Waals surface area contributed by atoms with E-state index in [2.05, 4.69) is 25.6 Å². The van der Waals surface area contributed by atoms with Crippen molar-refractivity contribution in [3.8, 4) is 0 Å². The lowest BCUT2D eigenvalue weighted by Gasteiger charge is -2.05. The molecule has 0 bridgehead atoms. The quantitative estimate of drug-likeness (QED) is 0.867. The number of aromatic nitrogens is 3. The molecule has 0 saturated carbocycles. The van der Waals surface area contributed by atoms with E-state index in [1.807, 2.05) is 13.8 Å². The molecule has 0 spiro atoms. The summed E-state index contributed by atoms with van der Waals surface area (Å²) < 4.78 is 0. The largest absolute Gasteiger partial charge is 0.370 e. The van der Waals surface area contributed by atoms with Gasteiger partial charge in [0.05, 0.1) is 10.7 Å². The fourth-order valence-corrected chi connectivity index (χ4v) is 2.34. The predicted octanol–water partition coefficient (Wildman–Crippen LogP) is 2.86. The molecular weight excluding hydrogens is 256 g/mol. The highest BCUT2D eigenvalue weighted by molar-refractivity contribution is 7.09. The SMILES string of the molecule is Cc1nc(Cl)cc(NCCc2csc(C)n2)n1. The van der Waals surface area contributed by atoms with Gasteiger partial charge >= 0.3 is 0 Å². The summed E-state index contributed by atoms with van der Waals surface area (Å²) in [4.78, 5) is 12.7. The van der Waals surface area contributed by atoms with Crippen molar-refractivity contribution in [2.45, 2.75) is 20.3 Å². The van der Waals surface area contributed by atoms with Gasteiger partial charge in [0.25, 0.3) is 0 Å². The summed E-state index contributed by atoms with van der Waals surface area (Å²) in [5.41, 5.74) is 1.11. The third-order valence-electron chi connectivity index (χ3n) is 2.16. The first kappa shape index (κ1) is 12.3. The molecule has 1 N–H and O–H groups in total. The van der Waals surface area contributed by atoms with E-state index in [4.69, 9.17) is 11.6 Å². The van der Waals surface area contributed by atoms with Crippen LogP contribution in [0.4, 0.5) is 5.82 Å². The first-order chi connectivity index (χ1) is 8.13. The fourth-order valence-electron chi connectivity index (χ4n) is 1.46. The average molecular weight is 269 g/mol. The van der Waals surface area contributed by atoms with E-state index in [1.165, 1.54) is 0 Å². The zero-order chi connectivity index (χ0) is 12.3. The average Bonchev–Trinajstić information content (AvgIpc) is 2.63. The molecule has 4 nitrogen and oxygen atoms in total. The molecule has 0 aliphatic carbocycles. The number of nitrogens with one attached hydrogen (secondary N) is 1. The van der Waals surface area contributed by atoms with Gasteiger partial charge in [-0.05, 0) is 13.8 Å². The predicted molar refractivity (Wildman–Crippen MR) is 70.8 cm³/mol. The Morgan fingerprint density at radius 1 is 1.29 bits per heavy atom. The third-order valence-corrected chi connectivity index (χ3v) is 3.18. The molecular formula is C11H13ClN4S. The summed E-state index contributed by atoms with van der Waals surface area (Å²) in [5, 5.41) is 6.85. The fraction of sp³-hybridized carbons (Fsp3) is 0.364. The van der Waals surface area contributed by atoms with Gasteiger partial charge in [-0.2, -0.15) is 0 Å². The Labute approximate surface area is 109 Å². The molecule has 0 saturated heterocycles. The second-order valence-electron chi connectivity index (χ2n) is 3.66. The maximum Gasteiger partial charge on any atom is 0.134 e. The molecule has 0 atom stereocenters. The van der Waals surface area contributed by atoms with E-state index < -0.39 is 0 Å². The lowest BCUT2D eigenvalue weighted by Crippen LogP contribution is -2.07. The van der Waals surface area contributed by atoms with Crippen molar-refractivity contribution in [1.82, 2.24) is 15.0 Å². The molecule has 2 aromatic heterocycles. The van der Waals surface area contributed by atoms with Gasteiger partial charge in [-0.15, -0.1) is 11.3 Å². The number of hydrogen-bond donors (Lipinski definition) is 1. The molecule has 90 valence electrons. The van der Waals surface area contributed by atoms with Gasteiger partial charge in [0.2, 0.25) is 0 Å². The second-order valence-corrected chi connectivity index (χ2v) is 5.11. The molecule has 6 heteroatoms. The van der Waals surface area contributed by atoms with Crippen LogP contribution in [0.1, 0.15) is 16.5 Å². The van der Waals surface area contributed by atoms with Crippen molar-refractivity contribution < 1.29 is 0 Å². The van der Waals surface area contributed by atoms with Crippen molar-refractivity contribution in [2.24, 2.45) is 0 Å². The lowest BCUT2D eigenvalue weighted by molar-refractivity contribution is 0.949. The van der Waals surface area contributed by atoms with Gasteiger partial charge < -0.3 is 5.32 Å². The van der Waals surface area contributed by atoms with Crippen molar-refractivity contribution in [3.05, 3.63) is 33.1 Å². The number of rotatable bonds is 4. The van der Waals surface area contributed by atoms with E-state index in [0.29, 0.717) is 11.0 Å². The zero-order valence-corrected chi connectivity index (χ0v) is 11.3. The molecule has 0 aliphatic rings. The van der Waals surface area contributed by atoms with Crippen molar-refractivity contribution in [1.29, 1.82) is 0 Å². The summed E-state index contributed by atoms with van der Waals surface area (Å²) >= 11 is 7.52. The summed E-state index contributed by atoms with van der Waals surface area (Å²) in [5.74, 6) is 1.43. The summed E-state index contributed by atoms with van der Waals surface area (Å²) in [6.45, 7) is 4.62. The molecule has 2 aromatic rings. The lowest BCUT2D eigenvalue weighted by atomic mass is 10.3. The maximum atomic E-state index is 5.85. The Kier molecular flexibility index (Phi) is 3.91. The van der Waals surface area contributed by atoms with Gasteiger partial charge in [-0.25, -0.2) is 15.0 Å². The Morgan fingerprint density at radius 3 is 2.76 bits per heavy atom. The molecule has 0 unspecified atom stereocenters. The minimum absolute atomic E-state index is 0.463. The van der Waals surface area contributed by atoms with Crippen LogP contribution in [0, 0.1) is 13.8 Å². The molecule has 0 radical (unpaired) electrons. The van der Waals surface area contributed by atoms with Crippen LogP contribution in [0.15, 0.2) is 11.4 Å². The highest BCUT2D eigenvalue weighted by Crippen LogP contribution is 2.12.